The highest BCUT2D eigenvalue weighted by Gasteiger charge is 2.20. The lowest BCUT2D eigenvalue weighted by molar-refractivity contribution is 0.187. The summed E-state index contributed by atoms with van der Waals surface area (Å²) in [6, 6.07) is 13.4. The third-order valence-corrected chi connectivity index (χ3v) is 5.74. The number of hydrogen-bond acceptors (Lipinski definition) is 4. The van der Waals surface area contributed by atoms with Gasteiger partial charge in [-0.1, -0.05) is 30.7 Å². The first-order valence-electron chi connectivity index (χ1n) is 9.08. The van der Waals surface area contributed by atoms with Gasteiger partial charge in [-0.25, -0.2) is 4.79 Å². The van der Waals surface area contributed by atoms with E-state index in [4.69, 9.17) is 15.8 Å². The van der Waals surface area contributed by atoms with Crippen LogP contribution in [0.2, 0.25) is 5.02 Å². The van der Waals surface area contributed by atoms with E-state index in [-0.39, 0.29) is 23.6 Å². The smallest absolute Gasteiger partial charge is 0.322 e. The molecule has 0 aliphatic rings. The molecule has 0 radical (unpaired) electrons. The Bertz CT molecular complexity index is 883. The van der Waals surface area contributed by atoms with Crippen molar-refractivity contribution >= 4 is 33.4 Å². The Kier molecular flexibility index (Phi) is 7.71. The third-order valence-electron chi connectivity index (χ3n) is 4.33. The van der Waals surface area contributed by atoms with Gasteiger partial charge in [0, 0.05) is 23.3 Å². The zero-order valence-electron chi connectivity index (χ0n) is 16.2. The fourth-order valence-corrected chi connectivity index (χ4v) is 3.08. The number of nitrogens with one attached hydrogen (secondary N) is 1. The predicted molar refractivity (Wildman–Crippen MR) is 112 cm³/mol. The molecule has 0 aromatic heterocycles. The number of urea groups is 1. The van der Waals surface area contributed by atoms with E-state index in [9.17, 15) is 13.2 Å². The monoisotopic (exact) mass is 424 g/mol. The van der Waals surface area contributed by atoms with Crippen LogP contribution in [0.5, 0.6) is 5.75 Å². The van der Waals surface area contributed by atoms with Crippen LogP contribution < -0.4 is 9.50 Å². The van der Waals surface area contributed by atoms with E-state index in [0.717, 1.165) is 12.0 Å². The number of carbonyl (C=O) groups is 1. The van der Waals surface area contributed by atoms with Crippen molar-refractivity contribution in [3.05, 3.63) is 59.1 Å². The van der Waals surface area contributed by atoms with Gasteiger partial charge in [0.15, 0.2) is 0 Å². The summed E-state index contributed by atoms with van der Waals surface area (Å²) in [4.78, 5) is 14.5. The van der Waals surface area contributed by atoms with E-state index in [1.807, 2.05) is 13.8 Å². The number of halogens is 1. The highest BCUT2D eigenvalue weighted by Crippen LogP contribution is 2.19. The first-order chi connectivity index (χ1) is 13.2. The first kappa shape index (κ1) is 22.0. The summed E-state index contributed by atoms with van der Waals surface area (Å²) in [6.45, 7) is 5.90. The topological polar surface area (TPSA) is 75.7 Å². The Balaban J connectivity index is 2.11. The van der Waals surface area contributed by atoms with Gasteiger partial charge < -0.3 is 14.4 Å². The number of hydrogen-bond donors (Lipinski definition) is 1. The maximum atomic E-state index is 12.8. The van der Waals surface area contributed by atoms with Gasteiger partial charge in [-0.3, -0.25) is 0 Å². The molecule has 152 valence electrons. The molecule has 0 fully saturated rings. The standard InChI is InChI=1S/C20H25ClN2O4S/c1-4-15(3)23(20(24)22-18-10-8-17(21)9-11-18)14-16-6-12-19(13-7-16)27-28(25,26)5-2/h6-13,15H,4-5,14H2,1-3H3,(H,22,24). The Labute approximate surface area is 171 Å². The summed E-state index contributed by atoms with van der Waals surface area (Å²) >= 11 is 5.88. The molecule has 1 N–H and O–H groups in total. The third kappa shape index (κ3) is 6.42. The second-order valence-corrected chi connectivity index (χ2v) is 8.69. The predicted octanol–water partition coefficient (Wildman–Crippen LogP) is 4.90. The molecular weight excluding hydrogens is 400 g/mol. The van der Waals surface area contributed by atoms with Gasteiger partial charge in [0.2, 0.25) is 0 Å². The van der Waals surface area contributed by atoms with Gasteiger partial charge in [0.05, 0.1) is 5.75 Å². The largest absolute Gasteiger partial charge is 0.382 e. The average Bonchev–Trinajstić information content (AvgIpc) is 2.68. The van der Waals surface area contributed by atoms with E-state index in [1.165, 1.54) is 6.92 Å². The molecule has 6 nitrogen and oxygen atoms in total. The van der Waals surface area contributed by atoms with Crippen molar-refractivity contribution in [3.8, 4) is 5.75 Å². The molecule has 2 amide bonds. The van der Waals surface area contributed by atoms with Gasteiger partial charge in [0.25, 0.3) is 0 Å². The van der Waals surface area contributed by atoms with Crippen LogP contribution in [-0.2, 0) is 16.7 Å². The molecular formula is C20H25ClN2O4S. The molecule has 0 heterocycles. The number of benzene rings is 2. The fourth-order valence-electron chi connectivity index (χ4n) is 2.43. The van der Waals surface area contributed by atoms with E-state index in [1.54, 1.807) is 53.4 Å². The highest BCUT2D eigenvalue weighted by atomic mass is 35.5. The number of carbonyl (C=O) groups excluding carboxylic acids is 1. The molecule has 2 aromatic rings. The normalized spacial score (nSPS) is 12.3. The molecule has 28 heavy (non-hydrogen) atoms. The summed E-state index contributed by atoms with van der Waals surface area (Å²) in [7, 11) is -3.56. The van der Waals surface area contributed by atoms with Crippen LogP contribution in [0.25, 0.3) is 0 Å². The van der Waals surface area contributed by atoms with Gasteiger partial charge in [0.1, 0.15) is 5.75 Å². The molecule has 0 saturated heterocycles. The minimum Gasteiger partial charge on any atom is -0.382 e. The summed E-state index contributed by atoms with van der Waals surface area (Å²) in [5, 5.41) is 3.48. The lowest BCUT2D eigenvalue weighted by atomic mass is 10.1. The van der Waals surface area contributed by atoms with Crippen molar-refractivity contribution in [1.29, 1.82) is 0 Å². The van der Waals surface area contributed by atoms with Crippen LogP contribution in [-0.4, -0.2) is 31.1 Å². The van der Waals surface area contributed by atoms with E-state index in [2.05, 4.69) is 5.32 Å². The van der Waals surface area contributed by atoms with Crippen molar-refractivity contribution in [2.75, 3.05) is 11.1 Å². The van der Waals surface area contributed by atoms with Crippen molar-refractivity contribution in [2.24, 2.45) is 0 Å². The minimum atomic E-state index is -3.56. The SMILES string of the molecule is CCC(C)N(Cc1ccc(OS(=O)(=O)CC)cc1)C(=O)Nc1ccc(Cl)cc1. The number of amides is 2. The van der Waals surface area contributed by atoms with Gasteiger partial charge >= 0.3 is 16.1 Å². The van der Waals surface area contributed by atoms with Crippen molar-refractivity contribution in [3.63, 3.8) is 0 Å². The summed E-state index contributed by atoms with van der Waals surface area (Å²) < 4.78 is 28.1. The number of rotatable bonds is 8. The number of nitrogens with zero attached hydrogens (tertiary/aromatic N) is 1. The fraction of sp³-hybridized carbons (Fsp3) is 0.350. The highest BCUT2D eigenvalue weighted by molar-refractivity contribution is 7.87. The van der Waals surface area contributed by atoms with E-state index < -0.39 is 10.1 Å². The van der Waals surface area contributed by atoms with Gasteiger partial charge in [-0.2, -0.15) is 8.42 Å². The maximum absolute atomic E-state index is 12.8. The van der Waals surface area contributed by atoms with Crippen molar-refractivity contribution < 1.29 is 17.4 Å². The minimum absolute atomic E-state index is 0.0173. The van der Waals surface area contributed by atoms with Crippen LogP contribution in [0.1, 0.15) is 32.8 Å². The lowest BCUT2D eigenvalue weighted by Gasteiger charge is -2.29. The molecule has 2 rings (SSSR count). The van der Waals surface area contributed by atoms with Crippen LogP contribution in [0, 0.1) is 0 Å². The zero-order valence-corrected chi connectivity index (χ0v) is 17.8. The van der Waals surface area contributed by atoms with E-state index >= 15 is 0 Å². The Morgan fingerprint density at radius 2 is 1.71 bits per heavy atom. The molecule has 0 bridgehead atoms. The Morgan fingerprint density at radius 3 is 2.25 bits per heavy atom. The second kappa shape index (κ2) is 9.80. The second-order valence-electron chi connectivity index (χ2n) is 6.40. The van der Waals surface area contributed by atoms with Crippen LogP contribution in [0.15, 0.2) is 48.5 Å². The molecule has 8 heteroatoms. The molecule has 1 unspecified atom stereocenters. The van der Waals surface area contributed by atoms with Crippen molar-refractivity contribution in [2.45, 2.75) is 39.8 Å². The average molecular weight is 425 g/mol. The summed E-state index contributed by atoms with van der Waals surface area (Å²) in [6.07, 6.45) is 0.796. The molecule has 0 aliphatic heterocycles. The van der Waals surface area contributed by atoms with Crippen LogP contribution in [0.4, 0.5) is 10.5 Å². The van der Waals surface area contributed by atoms with Crippen LogP contribution >= 0.6 is 11.6 Å². The van der Waals surface area contributed by atoms with Crippen molar-refractivity contribution in [1.82, 2.24) is 4.90 Å². The summed E-state index contributed by atoms with van der Waals surface area (Å²) in [5.74, 6) is 0.160. The molecule has 1 atom stereocenters. The molecule has 2 aromatic carbocycles. The molecule has 0 spiro atoms. The van der Waals surface area contributed by atoms with E-state index in [0.29, 0.717) is 17.3 Å². The summed E-state index contributed by atoms with van der Waals surface area (Å²) in [5.41, 5.74) is 1.53. The Morgan fingerprint density at radius 1 is 1.11 bits per heavy atom. The van der Waals surface area contributed by atoms with Crippen LogP contribution in [0.3, 0.4) is 0 Å². The Hall–Kier alpha value is -2.25. The van der Waals surface area contributed by atoms with Gasteiger partial charge in [-0.05, 0) is 62.2 Å². The quantitative estimate of drug-likeness (QED) is 0.611. The molecule has 0 saturated carbocycles. The lowest BCUT2D eigenvalue weighted by Crippen LogP contribution is -2.40. The maximum Gasteiger partial charge on any atom is 0.322 e. The molecule has 0 aliphatic carbocycles. The van der Waals surface area contributed by atoms with Gasteiger partial charge in [-0.15, -0.1) is 0 Å². The zero-order chi connectivity index (χ0) is 20.7. The number of anilines is 1. The first-order valence-corrected chi connectivity index (χ1v) is 11.0.